The Kier molecular flexibility index (Phi) is 2.77. The predicted molar refractivity (Wildman–Crippen MR) is 69.5 cm³/mol. The molecule has 2 saturated heterocycles. The molecule has 2 bridgehead atoms. The summed E-state index contributed by atoms with van der Waals surface area (Å²) in [5.74, 6) is 0. The van der Waals surface area contributed by atoms with E-state index in [9.17, 15) is 9.50 Å². The van der Waals surface area contributed by atoms with Crippen molar-refractivity contribution in [1.82, 2.24) is 9.88 Å². The minimum absolute atomic E-state index is 0.107. The molecule has 5 heteroatoms. The van der Waals surface area contributed by atoms with E-state index in [1.54, 1.807) is 11.3 Å². The third kappa shape index (κ3) is 1.98. The first-order valence-electron chi connectivity index (χ1n) is 6.39. The molecule has 0 spiro atoms. The van der Waals surface area contributed by atoms with Crippen LogP contribution in [0.1, 0.15) is 28.4 Å². The van der Waals surface area contributed by atoms with Crippen molar-refractivity contribution in [2.24, 2.45) is 5.41 Å². The second-order valence-corrected chi connectivity index (χ2v) is 7.34. The standard InChI is InChI=1S/C13H19FN2OS/c1-9-11(18-10(2)15-9)3-16-6-12(8-17)4-13(14,5-12)7-16/h17H,3-8H2,1-2H3. The number of aliphatic hydroxyl groups excluding tert-OH is 1. The minimum atomic E-state index is -1.06. The molecular weight excluding hydrogens is 251 g/mol. The van der Waals surface area contributed by atoms with Crippen molar-refractivity contribution in [3.63, 3.8) is 0 Å². The highest BCUT2D eigenvalue weighted by atomic mass is 32.1. The van der Waals surface area contributed by atoms with Gasteiger partial charge in [0.2, 0.25) is 0 Å². The number of alkyl halides is 1. The summed E-state index contributed by atoms with van der Waals surface area (Å²) < 4.78 is 14.3. The fourth-order valence-corrected chi connectivity index (χ4v) is 4.62. The summed E-state index contributed by atoms with van der Waals surface area (Å²) in [7, 11) is 0. The average molecular weight is 270 g/mol. The lowest BCUT2D eigenvalue weighted by Gasteiger charge is -2.59. The van der Waals surface area contributed by atoms with E-state index >= 15 is 0 Å². The zero-order chi connectivity index (χ0) is 13.0. The van der Waals surface area contributed by atoms with Crippen molar-refractivity contribution in [2.75, 3.05) is 19.7 Å². The Labute approximate surface area is 111 Å². The molecular formula is C13H19FN2OS. The predicted octanol–water partition coefficient (Wildman–Crippen LogP) is 2.06. The van der Waals surface area contributed by atoms with Crippen LogP contribution in [0.5, 0.6) is 0 Å². The smallest absolute Gasteiger partial charge is 0.125 e. The quantitative estimate of drug-likeness (QED) is 0.913. The Morgan fingerprint density at radius 1 is 1.39 bits per heavy atom. The summed E-state index contributed by atoms with van der Waals surface area (Å²) >= 11 is 1.69. The van der Waals surface area contributed by atoms with Gasteiger partial charge in [0.1, 0.15) is 5.67 Å². The zero-order valence-corrected chi connectivity index (χ0v) is 11.7. The summed E-state index contributed by atoms with van der Waals surface area (Å²) in [5.41, 5.74) is -0.183. The number of nitrogens with zero attached hydrogens (tertiary/aromatic N) is 2. The molecule has 4 rings (SSSR count). The third-order valence-electron chi connectivity index (χ3n) is 4.15. The number of piperidine rings is 2. The number of aryl methyl sites for hydroxylation is 2. The molecule has 1 aromatic heterocycles. The van der Waals surface area contributed by atoms with Crippen LogP contribution in [0.2, 0.25) is 0 Å². The Hall–Kier alpha value is -0.520. The molecule has 1 aromatic rings. The SMILES string of the molecule is Cc1nc(C)c(CN2CC3(F)CC(CO)(C2)C3)s1. The number of aromatic nitrogens is 1. The van der Waals surface area contributed by atoms with Crippen LogP contribution in [-0.4, -0.2) is 40.4 Å². The molecule has 3 aliphatic rings. The lowest BCUT2D eigenvalue weighted by Crippen LogP contribution is -2.66. The van der Waals surface area contributed by atoms with E-state index in [-0.39, 0.29) is 12.0 Å². The Morgan fingerprint density at radius 3 is 2.67 bits per heavy atom. The van der Waals surface area contributed by atoms with E-state index in [4.69, 9.17) is 0 Å². The summed E-state index contributed by atoms with van der Waals surface area (Å²) in [6, 6.07) is 0. The van der Waals surface area contributed by atoms with Gasteiger partial charge in [-0.3, -0.25) is 4.90 Å². The van der Waals surface area contributed by atoms with Crippen LogP contribution in [-0.2, 0) is 6.54 Å². The van der Waals surface area contributed by atoms with Crippen molar-refractivity contribution in [1.29, 1.82) is 0 Å². The molecule has 0 radical (unpaired) electrons. The molecule has 3 nitrogen and oxygen atoms in total. The molecule has 100 valence electrons. The Bertz CT molecular complexity index is 468. The van der Waals surface area contributed by atoms with Gasteiger partial charge in [-0.15, -0.1) is 11.3 Å². The lowest BCUT2D eigenvalue weighted by atomic mass is 9.57. The molecule has 1 saturated carbocycles. The second kappa shape index (κ2) is 3.99. The van der Waals surface area contributed by atoms with Gasteiger partial charge < -0.3 is 5.11 Å². The van der Waals surface area contributed by atoms with E-state index in [0.717, 1.165) is 23.8 Å². The van der Waals surface area contributed by atoms with E-state index < -0.39 is 5.67 Å². The van der Waals surface area contributed by atoms with Gasteiger partial charge in [-0.05, 0) is 26.7 Å². The maximum absolute atomic E-state index is 14.3. The largest absolute Gasteiger partial charge is 0.396 e. The highest BCUT2D eigenvalue weighted by molar-refractivity contribution is 7.11. The Morgan fingerprint density at radius 2 is 2.11 bits per heavy atom. The molecule has 0 aromatic carbocycles. The molecule has 18 heavy (non-hydrogen) atoms. The number of aliphatic hydroxyl groups is 1. The van der Waals surface area contributed by atoms with Gasteiger partial charge in [-0.2, -0.15) is 0 Å². The fraction of sp³-hybridized carbons (Fsp3) is 0.769. The van der Waals surface area contributed by atoms with Gasteiger partial charge in [0.25, 0.3) is 0 Å². The first-order chi connectivity index (χ1) is 8.44. The van der Waals surface area contributed by atoms with Crippen LogP contribution in [0, 0.1) is 19.3 Å². The normalized spacial score (nSPS) is 35.6. The van der Waals surface area contributed by atoms with Crippen molar-refractivity contribution < 1.29 is 9.50 Å². The number of fused-ring (bicyclic) bond motifs is 2. The van der Waals surface area contributed by atoms with Crippen molar-refractivity contribution >= 4 is 11.3 Å². The van der Waals surface area contributed by atoms with Gasteiger partial charge in [0.05, 0.1) is 17.3 Å². The summed E-state index contributed by atoms with van der Waals surface area (Å²) in [6.45, 7) is 6.20. The van der Waals surface area contributed by atoms with Gasteiger partial charge in [-0.25, -0.2) is 9.37 Å². The monoisotopic (exact) mass is 270 g/mol. The lowest BCUT2D eigenvalue weighted by molar-refractivity contribution is -0.168. The van der Waals surface area contributed by atoms with Crippen LogP contribution in [0.25, 0.3) is 0 Å². The summed E-state index contributed by atoms with van der Waals surface area (Å²) in [6.07, 6.45) is 1.07. The molecule has 0 atom stereocenters. The second-order valence-electron chi connectivity index (χ2n) is 6.05. The highest BCUT2D eigenvalue weighted by Gasteiger charge is 2.60. The first-order valence-corrected chi connectivity index (χ1v) is 7.20. The molecule has 0 unspecified atom stereocenters. The number of rotatable bonds is 3. The summed E-state index contributed by atoms with van der Waals surface area (Å²) in [4.78, 5) is 7.78. The van der Waals surface area contributed by atoms with Gasteiger partial charge in [0.15, 0.2) is 0 Å². The molecule has 2 aliphatic heterocycles. The molecule has 1 N–H and O–H groups in total. The zero-order valence-electron chi connectivity index (χ0n) is 10.9. The van der Waals surface area contributed by atoms with E-state index in [0.29, 0.717) is 19.4 Å². The van der Waals surface area contributed by atoms with E-state index in [2.05, 4.69) is 9.88 Å². The van der Waals surface area contributed by atoms with Gasteiger partial charge >= 0.3 is 0 Å². The van der Waals surface area contributed by atoms with Crippen molar-refractivity contribution in [3.05, 3.63) is 15.6 Å². The molecule has 0 amide bonds. The van der Waals surface area contributed by atoms with Crippen molar-refractivity contribution in [2.45, 2.75) is 38.9 Å². The fourth-order valence-electron chi connectivity index (χ4n) is 3.64. The van der Waals surface area contributed by atoms with Crippen LogP contribution in [0.3, 0.4) is 0 Å². The van der Waals surface area contributed by atoms with E-state index in [1.165, 1.54) is 4.88 Å². The number of halogens is 1. The number of thiazole rings is 1. The van der Waals surface area contributed by atoms with Crippen molar-refractivity contribution in [3.8, 4) is 0 Å². The maximum atomic E-state index is 14.3. The maximum Gasteiger partial charge on any atom is 0.125 e. The summed E-state index contributed by atoms with van der Waals surface area (Å²) in [5, 5.41) is 10.5. The average Bonchev–Trinajstić information content (AvgIpc) is 2.55. The van der Waals surface area contributed by atoms with Crippen LogP contribution in [0.15, 0.2) is 0 Å². The van der Waals surface area contributed by atoms with Gasteiger partial charge in [-0.1, -0.05) is 0 Å². The third-order valence-corrected chi connectivity index (χ3v) is 5.21. The Balaban J connectivity index is 1.73. The van der Waals surface area contributed by atoms with Gasteiger partial charge in [0, 0.05) is 29.9 Å². The topological polar surface area (TPSA) is 36.4 Å². The number of hydrogen-bond acceptors (Lipinski definition) is 4. The molecule has 3 fully saturated rings. The van der Waals surface area contributed by atoms with E-state index in [1.807, 2.05) is 13.8 Å². The first kappa shape index (κ1) is 12.5. The molecule has 1 aliphatic carbocycles. The van der Waals surface area contributed by atoms with Crippen LogP contribution < -0.4 is 0 Å². The number of hydrogen-bond donors (Lipinski definition) is 1. The highest BCUT2D eigenvalue weighted by Crippen LogP contribution is 2.55. The molecule has 3 heterocycles. The minimum Gasteiger partial charge on any atom is -0.396 e. The van der Waals surface area contributed by atoms with Crippen LogP contribution >= 0.6 is 11.3 Å². The van der Waals surface area contributed by atoms with Crippen LogP contribution in [0.4, 0.5) is 4.39 Å².